The molecule has 0 aliphatic heterocycles. The van der Waals surface area contributed by atoms with E-state index >= 15 is 0 Å². The minimum atomic E-state index is -0.453. The number of rotatable bonds is 7. The van der Waals surface area contributed by atoms with Gasteiger partial charge in [0.25, 0.3) is 5.91 Å². The molecule has 0 radical (unpaired) electrons. The van der Waals surface area contributed by atoms with E-state index in [-0.39, 0.29) is 12.3 Å². The summed E-state index contributed by atoms with van der Waals surface area (Å²) in [6, 6.07) is 13.7. The van der Waals surface area contributed by atoms with Gasteiger partial charge in [-0.25, -0.2) is 4.79 Å². The van der Waals surface area contributed by atoms with Crippen molar-refractivity contribution in [3.05, 3.63) is 64.6 Å². The smallest absolute Gasteiger partial charge is 0.419 e. The summed E-state index contributed by atoms with van der Waals surface area (Å²) in [5.41, 5.74) is 6.35. The minimum Gasteiger partial charge on any atom is -0.494 e. The number of nitrogens with zero attached hydrogens (tertiary/aromatic N) is 1. The molecule has 0 atom stereocenters. The Morgan fingerprint density at radius 2 is 1.82 bits per heavy atom. The van der Waals surface area contributed by atoms with Gasteiger partial charge < -0.3 is 9.15 Å². The number of para-hydroxylation sites is 2. The van der Waals surface area contributed by atoms with Crippen LogP contribution in [0, 0.1) is 0 Å². The van der Waals surface area contributed by atoms with Gasteiger partial charge in [-0.3, -0.25) is 25.0 Å². The van der Waals surface area contributed by atoms with Crippen LogP contribution in [0.3, 0.4) is 0 Å². The SMILES string of the molecule is CCOc1ccc(C(=O)NNC(=O)CCCn2c(=O)oc3ccccc32)cc1. The van der Waals surface area contributed by atoms with Gasteiger partial charge in [0, 0.05) is 18.5 Å². The maximum atomic E-state index is 12.0. The highest BCUT2D eigenvalue weighted by molar-refractivity contribution is 5.95. The molecule has 2 amide bonds. The fraction of sp³-hybridized carbons (Fsp3) is 0.250. The van der Waals surface area contributed by atoms with Crippen LogP contribution in [0.25, 0.3) is 11.1 Å². The highest BCUT2D eigenvalue weighted by Crippen LogP contribution is 2.13. The van der Waals surface area contributed by atoms with Crippen LogP contribution in [-0.2, 0) is 11.3 Å². The van der Waals surface area contributed by atoms with E-state index in [0.717, 1.165) is 0 Å². The van der Waals surface area contributed by atoms with Crippen molar-refractivity contribution >= 4 is 22.9 Å². The van der Waals surface area contributed by atoms with Gasteiger partial charge in [0.15, 0.2) is 5.58 Å². The lowest BCUT2D eigenvalue weighted by atomic mass is 10.2. The third kappa shape index (κ3) is 4.59. The largest absolute Gasteiger partial charge is 0.494 e. The highest BCUT2D eigenvalue weighted by Gasteiger charge is 2.10. The number of ether oxygens (including phenoxy) is 1. The number of hydrogen-bond acceptors (Lipinski definition) is 5. The number of nitrogens with one attached hydrogen (secondary N) is 2. The van der Waals surface area contributed by atoms with Crippen LogP contribution in [0.5, 0.6) is 5.75 Å². The van der Waals surface area contributed by atoms with Gasteiger partial charge >= 0.3 is 5.76 Å². The van der Waals surface area contributed by atoms with Gasteiger partial charge in [0.2, 0.25) is 5.91 Å². The summed E-state index contributed by atoms with van der Waals surface area (Å²) in [6.07, 6.45) is 0.573. The van der Waals surface area contributed by atoms with Crippen LogP contribution in [0.1, 0.15) is 30.1 Å². The first-order valence-corrected chi connectivity index (χ1v) is 8.99. The van der Waals surface area contributed by atoms with Gasteiger partial charge in [-0.2, -0.15) is 0 Å². The van der Waals surface area contributed by atoms with Crippen LogP contribution in [0.2, 0.25) is 0 Å². The molecule has 1 heterocycles. The molecule has 3 aromatic rings. The molecule has 146 valence electrons. The minimum absolute atomic E-state index is 0.148. The van der Waals surface area contributed by atoms with E-state index in [4.69, 9.17) is 9.15 Å². The average molecular weight is 383 g/mol. The van der Waals surface area contributed by atoms with Crippen molar-refractivity contribution in [1.29, 1.82) is 0 Å². The lowest BCUT2D eigenvalue weighted by Gasteiger charge is -2.08. The van der Waals surface area contributed by atoms with Crippen LogP contribution >= 0.6 is 0 Å². The van der Waals surface area contributed by atoms with E-state index in [1.165, 1.54) is 4.57 Å². The Balaban J connectivity index is 1.46. The van der Waals surface area contributed by atoms with Gasteiger partial charge in [-0.1, -0.05) is 12.1 Å². The van der Waals surface area contributed by atoms with Crippen molar-refractivity contribution in [2.45, 2.75) is 26.3 Å². The topological polar surface area (TPSA) is 103 Å². The van der Waals surface area contributed by atoms with Crippen LogP contribution in [0.4, 0.5) is 0 Å². The maximum absolute atomic E-state index is 12.0. The first-order valence-electron chi connectivity index (χ1n) is 8.99. The molecule has 0 unspecified atom stereocenters. The normalized spacial score (nSPS) is 10.6. The highest BCUT2D eigenvalue weighted by atomic mass is 16.5. The zero-order chi connectivity index (χ0) is 19.9. The quantitative estimate of drug-likeness (QED) is 0.609. The number of carbonyl (C=O) groups excluding carboxylic acids is 2. The summed E-state index contributed by atoms with van der Waals surface area (Å²) in [4.78, 5) is 35.9. The number of fused-ring (bicyclic) bond motifs is 1. The van der Waals surface area contributed by atoms with E-state index < -0.39 is 11.7 Å². The van der Waals surface area contributed by atoms with Crippen molar-refractivity contribution in [3.63, 3.8) is 0 Å². The van der Waals surface area contributed by atoms with Gasteiger partial charge in [0.05, 0.1) is 12.1 Å². The lowest BCUT2D eigenvalue weighted by Crippen LogP contribution is -2.41. The van der Waals surface area contributed by atoms with Crippen molar-refractivity contribution in [2.24, 2.45) is 0 Å². The van der Waals surface area contributed by atoms with Crippen molar-refractivity contribution in [2.75, 3.05) is 6.61 Å². The second-order valence-corrected chi connectivity index (χ2v) is 6.05. The molecule has 0 fully saturated rings. The van der Waals surface area contributed by atoms with E-state index in [1.807, 2.05) is 13.0 Å². The van der Waals surface area contributed by atoms with Crippen LogP contribution in [-0.4, -0.2) is 23.0 Å². The van der Waals surface area contributed by atoms with Gasteiger partial charge in [-0.15, -0.1) is 0 Å². The zero-order valence-electron chi connectivity index (χ0n) is 15.4. The van der Waals surface area contributed by atoms with E-state index in [0.29, 0.717) is 42.0 Å². The molecule has 8 nitrogen and oxygen atoms in total. The number of aromatic nitrogens is 1. The summed E-state index contributed by atoms with van der Waals surface area (Å²) >= 11 is 0. The molecule has 0 saturated carbocycles. The molecule has 2 N–H and O–H groups in total. The van der Waals surface area contributed by atoms with E-state index in [2.05, 4.69) is 10.9 Å². The monoisotopic (exact) mass is 383 g/mol. The number of hydrogen-bond donors (Lipinski definition) is 2. The second-order valence-electron chi connectivity index (χ2n) is 6.05. The molecule has 0 bridgehead atoms. The average Bonchev–Trinajstić information content (AvgIpc) is 3.02. The third-order valence-corrected chi connectivity index (χ3v) is 4.10. The molecular formula is C20H21N3O5. The Morgan fingerprint density at radius 1 is 1.07 bits per heavy atom. The van der Waals surface area contributed by atoms with E-state index in [9.17, 15) is 14.4 Å². The maximum Gasteiger partial charge on any atom is 0.419 e. The predicted molar refractivity (Wildman–Crippen MR) is 103 cm³/mol. The van der Waals surface area contributed by atoms with Crippen molar-refractivity contribution in [1.82, 2.24) is 15.4 Å². The summed E-state index contributed by atoms with van der Waals surface area (Å²) in [6.45, 7) is 2.76. The van der Waals surface area contributed by atoms with Gasteiger partial charge in [-0.05, 0) is 49.7 Å². The number of amides is 2. The Bertz CT molecular complexity index is 1020. The molecule has 0 saturated heterocycles. The number of carbonyl (C=O) groups is 2. The molecule has 1 aromatic heterocycles. The molecule has 3 rings (SSSR count). The Morgan fingerprint density at radius 3 is 2.57 bits per heavy atom. The van der Waals surface area contributed by atoms with Crippen LogP contribution in [0.15, 0.2) is 57.7 Å². The van der Waals surface area contributed by atoms with Crippen molar-refractivity contribution < 1.29 is 18.7 Å². The molecule has 0 aliphatic carbocycles. The molecule has 0 spiro atoms. The standard InChI is InChI=1S/C20H21N3O5/c1-2-27-15-11-9-14(10-12-15)19(25)22-21-18(24)8-5-13-23-16-6-3-4-7-17(16)28-20(23)26/h3-4,6-7,9-12H,2,5,8,13H2,1H3,(H,21,24)(H,22,25). The Kier molecular flexibility index (Phi) is 6.11. The Hall–Kier alpha value is -3.55. The third-order valence-electron chi connectivity index (χ3n) is 4.10. The van der Waals surface area contributed by atoms with Gasteiger partial charge in [0.1, 0.15) is 5.75 Å². The molecular weight excluding hydrogens is 362 g/mol. The molecule has 2 aromatic carbocycles. The summed E-state index contributed by atoms with van der Waals surface area (Å²) in [5, 5.41) is 0. The summed E-state index contributed by atoms with van der Waals surface area (Å²) < 4.78 is 12.0. The molecule has 8 heteroatoms. The Labute approximate surface area is 161 Å². The van der Waals surface area contributed by atoms with Crippen molar-refractivity contribution in [3.8, 4) is 5.75 Å². The van der Waals surface area contributed by atoms with E-state index in [1.54, 1.807) is 42.5 Å². The number of hydrazine groups is 1. The summed E-state index contributed by atoms with van der Waals surface area (Å²) in [5.74, 6) is -0.552. The van der Waals surface area contributed by atoms with Crippen LogP contribution < -0.4 is 21.3 Å². The fourth-order valence-electron chi connectivity index (χ4n) is 2.75. The number of benzene rings is 2. The molecule has 0 aliphatic rings. The number of oxazole rings is 1. The second kappa shape index (κ2) is 8.90. The fourth-order valence-corrected chi connectivity index (χ4v) is 2.75. The predicted octanol–water partition coefficient (Wildman–Crippen LogP) is 2.23. The molecule has 28 heavy (non-hydrogen) atoms. The summed E-state index contributed by atoms with van der Waals surface area (Å²) in [7, 11) is 0. The number of aryl methyl sites for hydroxylation is 1. The first-order chi connectivity index (χ1) is 13.6. The lowest BCUT2D eigenvalue weighted by molar-refractivity contribution is -0.122. The first kappa shape index (κ1) is 19.2. The zero-order valence-corrected chi connectivity index (χ0v) is 15.4.